The molecule has 1 heterocycles. The quantitative estimate of drug-likeness (QED) is 0.264. The van der Waals surface area contributed by atoms with E-state index in [1.807, 2.05) is 30.3 Å². The van der Waals surface area contributed by atoms with Gasteiger partial charge < -0.3 is 15.7 Å². The van der Waals surface area contributed by atoms with Crippen LogP contribution >= 0.6 is 0 Å². The third-order valence-electron chi connectivity index (χ3n) is 2.42. The van der Waals surface area contributed by atoms with Crippen molar-refractivity contribution in [3.63, 3.8) is 0 Å². The molecule has 7 nitrogen and oxygen atoms in total. The summed E-state index contributed by atoms with van der Waals surface area (Å²) in [6, 6.07) is 9.61. The molecule has 0 radical (unpaired) electrons. The third-order valence-corrected chi connectivity index (χ3v) is 2.42. The lowest BCUT2D eigenvalue weighted by atomic mass is 10.3. The van der Waals surface area contributed by atoms with E-state index >= 15 is 0 Å². The first-order valence-corrected chi connectivity index (χ1v) is 5.85. The number of rotatable bonds is 6. The molecule has 100 valence electrons. The van der Waals surface area contributed by atoms with E-state index in [1.165, 1.54) is 6.33 Å². The van der Waals surface area contributed by atoms with Gasteiger partial charge in [0, 0.05) is 13.0 Å². The summed E-state index contributed by atoms with van der Waals surface area (Å²) in [5.74, 6) is 0.962. The van der Waals surface area contributed by atoms with Gasteiger partial charge in [-0.2, -0.15) is 0 Å². The van der Waals surface area contributed by atoms with Crippen LogP contribution in [0.3, 0.4) is 0 Å². The minimum atomic E-state index is -0.0979. The zero-order valence-electron chi connectivity index (χ0n) is 10.3. The zero-order valence-corrected chi connectivity index (χ0v) is 10.3. The highest BCUT2D eigenvalue weighted by Gasteiger charge is 2.05. The van der Waals surface area contributed by atoms with Crippen molar-refractivity contribution in [2.45, 2.75) is 13.0 Å². The molecule has 0 bridgehead atoms. The van der Waals surface area contributed by atoms with Crippen molar-refractivity contribution >= 4 is 5.84 Å². The van der Waals surface area contributed by atoms with Crippen LogP contribution in [0.15, 0.2) is 41.8 Å². The Morgan fingerprint density at radius 3 is 2.89 bits per heavy atom. The Hall–Kier alpha value is -2.57. The molecule has 3 N–H and O–H groups in total. The lowest BCUT2D eigenvalue weighted by molar-refractivity contribution is 0.298. The number of benzene rings is 1. The number of oxime groups is 1. The molecule has 0 atom stereocenters. The van der Waals surface area contributed by atoms with Crippen LogP contribution in [0.1, 0.15) is 12.2 Å². The molecule has 1 aromatic carbocycles. The maximum atomic E-state index is 8.49. The largest absolute Gasteiger partial charge is 0.494 e. The molecule has 0 fully saturated rings. The Morgan fingerprint density at radius 2 is 2.16 bits per heavy atom. The molecule has 0 unspecified atom stereocenters. The number of nitrogens with two attached hydrogens (primary N) is 1. The van der Waals surface area contributed by atoms with Gasteiger partial charge in [-0.05, 0) is 12.1 Å². The zero-order chi connectivity index (χ0) is 13.5. The minimum absolute atomic E-state index is 0.0979. The Balaban J connectivity index is 1.75. The number of aryl methyl sites for hydroxylation is 1. The fraction of sp³-hybridized carbons (Fsp3) is 0.250. The van der Waals surface area contributed by atoms with Crippen molar-refractivity contribution in [2.75, 3.05) is 6.61 Å². The molecular formula is C12H15N5O2. The average molecular weight is 261 g/mol. The number of aromatic nitrogens is 3. The van der Waals surface area contributed by atoms with E-state index in [0.29, 0.717) is 13.2 Å². The molecule has 0 saturated carbocycles. The van der Waals surface area contributed by atoms with Gasteiger partial charge in [0.25, 0.3) is 0 Å². The van der Waals surface area contributed by atoms with Gasteiger partial charge in [-0.1, -0.05) is 23.4 Å². The second kappa shape index (κ2) is 6.39. The van der Waals surface area contributed by atoms with Crippen molar-refractivity contribution in [2.24, 2.45) is 10.9 Å². The second-order valence-electron chi connectivity index (χ2n) is 3.83. The summed E-state index contributed by atoms with van der Waals surface area (Å²) in [7, 11) is 0. The van der Waals surface area contributed by atoms with E-state index in [9.17, 15) is 0 Å². The number of amidine groups is 1. The highest BCUT2D eigenvalue weighted by atomic mass is 16.5. The highest BCUT2D eigenvalue weighted by molar-refractivity contribution is 5.93. The topological polar surface area (TPSA) is 98.6 Å². The van der Waals surface area contributed by atoms with Crippen LogP contribution in [-0.4, -0.2) is 32.4 Å². The van der Waals surface area contributed by atoms with E-state index < -0.39 is 0 Å². The normalized spacial score (nSPS) is 11.5. The van der Waals surface area contributed by atoms with Crippen molar-refractivity contribution in [3.05, 3.63) is 42.5 Å². The van der Waals surface area contributed by atoms with Crippen LogP contribution < -0.4 is 10.5 Å². The molecule has 0 aliphatic carbocycles. The lowest BCUT2D eigenvalue weighted by Gasteiger charge is -2.05. The van der Waals surface area contributed by atoms with Crippen molar-refractivity contribution in [3.8, 4) is 5.75 Å². The fourth-order valence-corrected chi connectivity index (χ4v) is 1.50. The fourth-order valence-electron chi connectivity index (χ4n) is 1.50. The lowest BCUT2D eigenvalue weighted by Crippen LogP contribution is -2.15. The number of ether oxygens (including phenoxy) is 1. The van der Waals surface area contributed by atoms with Crippen molar-refractivity contribution in [1.29, 1.82) is 0 Å². The molecule has 0 spiro atoms. The van der Waals surface area contributed by atoms with Crippen LogP contribution in [0.25, 0.3) is 0 Å². The van der Waals surface area contributed by atoms with Crippen LogP contribution in [0.4, 0.5) is 0 Å². The molecular weight excluding hydrogens is 246 g/mol. The molecule has 0 aliphatic rings. The van der Waals surface area contributed by atoms with Crippen molar-refractivity contribution < 1.29 is 9.94 Å². The standard InChI is InChI=1S/C12H15N5O2/c13-11(16-18)12-14-9-17(15-12)7-4-8-19-10-5-2-1-3-6-10/h1-3,5-6,9,18H,4,7-8H2,(H2,13,16). The first-order valence-electron chi connectivity index (χ1n) is 5.85. The van der Waals surface area contributed by atoms with Gasteiger partial charge in [0.2, 0.25) is 11.7 Å². The summed E-state index contributed by atoms with van der Waals surface area (Å²) < 4.78 is 7.18. The smallest absolute Gasteiger partial charge is 0.219 e. The Kier molecular flexibility index (Phi) is 4.33. The SMILES string of the molecule is NC(=NO)c1ncn(CCCOc2ccccc2)n1. The summed E-state index contributed by atoms with van der Waals surface area (Å²) in [6.45, 7) is 1.24. The molecule has 1 aromatic heterocycles. The highest BCUT2D eigenvalue weighted by Crippen LogP contribution is 2.08. The Labute approximate surface area is 110 Å². The Bertz CT molecular complexity index is 538. The van der Waals surface area contributed by atoms with E-state index in [-0.39, 0.29) is 11.7 Å². The molecule has 19 heavy (non-hydrogen) atoms. The van der Waals surface area contributed by atoms with E-state index in [4.69, 9.17) is 15.7 Å². The molecule has 2 aromatic rings. The van der Waals surface area contributed by atoms with Gasteiger partial charge in [0.15, 0.2) is 0 Å². The summed E-state index contributed by atoms with van der Waals surface area (Å²) in [5.41, 5.74) is 5.38. The first-order chi connectivity index (χ1) is 9.29. The second-order valence-corrected chi connectivity index (χ2v) is 3.83. The number of hydrogen-bond acceptors (Lipinski definition) is 5. The predicted octanol–water partition coefficient (Wildman–Crippen LogP) is 0.842. The monoisotopic (exact) mass is 261 g/mol. The van der Waals surface area contributed by atoms with Gasteiger partial charge in [-0.25, -0.2) is 4.98 Å². The van der Waals surface area contributed by atoms with Crippen LogP contribution in [0.5, 0.6) is 5.75 Å². The third kappa shape index (κ3) is 3.70. The molecule has 2 rings (SSSR count). The van der Waals surface area contributed by atoms with Gasteiger partial charge >= 0.3 is 0 Å². The molecule has 0 amide bonds. The van der Waals surface area contributed by atoms with E-state index in [0.717, 1.165) is 12.2 Å². The van der Waals surface area contributed by atoms with Crippen LogP contribution in [0, 0.1) is 0 Å². The number of nitrogens with zero attached hydrogens (tertiary/aromatic N) is 4. The first kappa shape index (κ1) is 12.9. The molecule has 0 saturated heterocycles. The number of para-hydroxylation sites is 1. The van der Waals surface area contributed by atoms with Crippen molar-refractivity contribution in [1.82, 2.24) is 14.8 Å². The minimum Gasteiger partial charge on any atom is -0.494 e. The number of hydrogen-bond donors (Lipinski definition) is 2. The predicted molar refractivity (Wildman–Crippen MR) is 69.1 cm³/mol. The summed E-state index contributed by atoms with van der Waals surface area (Å²) in [6.07, 6.45) is 2.32. The summed E-state index contributed by atoms with van der Waals surface area (Å²) >= 11 is 0. The van der Waals surface area contributed by atoms with Gasteiger partial charge in [-0.15, -0.1) is 5.10 Å². The van der Waals surface area contributed by atoms with Crippen LogP contribution in [-0.2, 0) is 6.54 Å². The average Bonchev–Trinajstić information content (AvgIpc) is 2.93. The van der Waals surface area contributed by atoms with Gasteiger partial charge in [-0.3, -0.25) is 4.68 Å². The van der Waals surface area contributed by atoms with E-state index in [2.05, 4.69) is 15.2 Å². The Morgan fingerprint density at radius 1 is 1.37 bits per heavy atom. The maximum Gasteiger partial charge on any atom is 0.219 e. The van der Waals surface area contributed by atoms with E-state index in [1.54, 1.807) is 4.68 Å². The molecule has 0 aliphatic heterocycles. The van der Waals surface area contributed by atoms with Gasteiger partial charge in [0.1, 0.15) is 12.1 Å². The summed E-state index contributed by atoms with van der Waals surface area (Å²) in [5, 5.41) is 15.4. The van der Waals surface area contributed by atoms with Gasteiger partial charge in [0.05, 0.1) is 6.61 Å². The molecule has 7 heteroatoms. The van der Waals surface area contributed by atoms with Crippen LogP contribution in [0.2, 0.25) is 0 Å². The maximum absolute atomic E-state index is 8.49. The summed E-state index contributed by atoms with van der Waals surface area (Å²) in [4.78, 5) is 3.92.